The first kappa shape index (κ1) is 14.5. The predicted molar refractivity (Wildman–Crippen MR) is 75.3 cm³/mol. The number of hydrogen-bond acceptors (Lipinski definition) is 4. The monoisotopic (exact) mass is 295 g/mol. The molecule has 2 aliphatic heterocycles. The lowest BCUT2D eigenvalue weighted by Gasteiger charge is -2.36. The Morgan fingerprint density at radius 3 is 2.76 bits per heavy atom. The number of amides is 1. The fourth-order valence-corrected chi connectivity index (χ4v) is 3.32. The zero-order valence-electron chi connectivity index (χ0n) is 12.4. The molecule has 0 aromatic carbocycles. The van der Waals surface area contributed by atoms with Gasteiger partial charge in [-0.1, -0.05) is 0 Å². The summed E-state index contributed by atoms with van der Waals surface area (Å²) in [5.74, 6) is 1.62. The number of halogens is 1. The van der Waals surface area contributed by atoms with Gasteiger partial charge in [0.15, 0.2) is 0 Å². The number of aromatic nitrogens is 1. The average molecular weight is 295 g/mol. The van der Waals surface area contributed by atoms with E-state index in [0.29, 0.717) is 13.0 Å². The number of carbonyl (C=O) groups excluding carboxylic acids is 1. The van der Waals surface area contributed by atoms with Crippen LogP contribution in [-0.4, -0.2) is 53.0 Å². The third kappa shape index (κ3) is 3.26. The fourth-order valence-electron chi connectivity index (χ4n) is 3.32. The zero-order valence-corrected chi connectivity index (χ0v) is 12.4. The predicted octanol–water partition coefficient (Wildman–Crippen LogP) is 1.77. The van der Waals surface area contributed by atoms with Crippen molar-refractivity contribution < 1.29 is 13.6 Å². The molecule has 0 radical (unpaired) electrons. The fraction of sp³-hybridized carbons (Fsp3) is 0.733. The molecule has 0 saturated carbocycles. The molecule has 116 valence electrons. The summed E-state index contributed by atoms with van der Waals surface area (Å²) in [7, 11) is 0. The van der Waals surface area contributed by atoms with Crippen molar-refractivity contribution in [3.63, 3.8) is 0 Å². The van der Waals surface area contributed by atoms with Crippen LogP contribution in [0.2, 0.25) is 0 Å². The van der Waals surface area contributed by atoms with Crippen LogP contribution >= 0.6 is 0 Å². The van der Waals surface area contributed by atoms with Crippen molar-refractivity contribution in [3.05, 3.63) is 17.8 Å². The SMILES string of the molecule is Cc1cnc(CN2CCC(N3CC(CF)CC3=O)CC2)o1. The van der Waals surface area contributed by atoms with Crippen LogP contribution in [0.5, 0.6) is 0 Å². The highest BCUT2D eigenvalue weighted by atomic mass is 19.1. The minimum atomic E-state index is -0.384. The molecule has 1 aromatic heterocycles. The highest BCUT2D eigenvalue weighted by molar-refractivity contribution is 5.79. The van der Waals surface area contributed by atoms with Crippen LogP contribution in [0, 0.1) is 12.8 Å². The summed E-state index contributed by atoms with van der Waals surface area (Å²) in [6.45, 7) is 4.68. The van der Waals surface area contributed by atoms with Crippen LogP contribution in [0.1, 0.15) is 30.9 Å². The van der Waals surface area contributed by atoms with Crippen LogP contribution in [0.3, 0.4) is 0 Å². The van der Waals surface area contributed by atoms with Crippen LogP contribution < -0.4 is 0 Å². The highest BCUT2D eigenvalue weighted by Gasteiger charge is 2.35. The molecule has 5 nitrogen and oxygen atoms in total. The summed E-state index contributed by atoms with van der Waals surface area (Å²) in [6, 6.07) is 0.275. The summed E-state index contributed by atoms with van der Waals surface area (Å²) in [4.78, 5) is 20.4. The molecule has 6 heteroatoms. The molecular formula is C15H22FN3O2. The molecule has 3 rings (SSSR count). The van der Waals surface area contributed by atoms with Crippen molar-refractivity contribution in [2.45, 2.75) is 38.8 Å². The van der Waals surface area contributed by atoms with Crippen LogP contribution in [-0.2, 0) is 11.3 Å². The van der Waals surface area contributed by atoms with Crippen molar-refractivity contribution in [1.29, 1.82) is 0 Å². The maximum Gasteiger partial charge on any atom is 0.223 e. The van der Waals surface area contributed by atoms with E-state index in [0.717, 1.165) is 44.1 Å². The van der Waals surface area contributed by atoms with Gasteiger partial charge in [-0.3, -0.25) is 14.1 Å². The molecule has 0 bridgehead atoms. The Labute approximate surface area is 124 Å². The number of hydrogen-bond donors (Lipinski definition) is 0. The van der Waals surface area contributed by atoms with Gasteiger partial charge in [-0.25, -0.2) is 4.98 Å². The van der Waals surface area contributed by atoms with Crippen molar-refractivity contribution in [2.24, 2.45) is 5.92 Å². The molecular weight excluding hydrogens is 273 g/mol. The molecule has 1 unspecified atom stereocenters. The van der Waals surface area contributed by atoms with Gasteiger partial charge in [-0.05, 0) is 19.8 Å². The van der Waals surface area contributed by atoms with Gasteiger partial charge in [0.05, 0.1) is 19.4 Å². The number of likely N-dealkylation sites (tertiary alicyclic amines) is 2. The van der Waals surface area contributed by atoms with E-state index in [9.17, 15) is 9.18 Å². The summed E-state index contributed by atoms with van der Waals surface area (Å²) < 4.78 is 18.2. The molecule has 2 fully saturated rings. The normalized spacial score (nSPS) is 25.0. The number of piperidine rings is 1. The molecule has 1 aromatic rings. The first-order chi connectivity index (χ1) is 10.2. The van der Waals surface area contributed by atoms with Gasteiger partial charge in [0.1, 0.15) is 5.76 Å². The molecule has 2 aliphatic rings. The lowest BCUT2D eigenvalue weighted by atomic mass is 10.0. The van der Waals surface area contributed by atoms with Crippen LogP contribution in [0.4, 0.5) is 4.39 Å². The van der Waals surface area contributed by atoms with E-state index in [-0.39, 0.29) is 24.5 Å². The average Bonchev–Trinajstić information content (AvgIpc) is 3.06. The summed E-state index contributed by atoms with van der Waals surface area (Å²) in [5.41, 5.74) is 0. The Morgan fingerprint density at radius 1 is 1.43 bits per heavy atom. The zero-order chi connectivity index (χ0) is 14.8. The first-order valence-corrected chi connectivity index (χ1v) is 7.65. The van der Waals surface area contributed by atoms with Crippen molar-refractivity contribution in [2.75, 3.05) is 26.3 Å². The van der Waals surface area contributed by atoms with Crippen LogP contribution in [0.25, 0.3) is 0 Å². The standard InChI is InChI=1S/C15H22FN3O2/c1-11-8-17-14(21-11)10-18-4-2-13(3-5-18)19-9-12(7-16)6-15(19)20/h8,12-13H,2-7,9-10H2,1H3. The molecule has 21 heavy (non-hydrogen) atoms. The van der Waals surface area contributed by atoms with Gasteiger partial charge in [0, 0.05) is 38.0 Å². The Hall–Kier alpha value is -1.43. The largest absolute Gasteiger partial charge is 0.445 e. The number of alkyl halides is 1. The molecule has 1 atom stereocenters. The van der Waals surface area contributed by atoms with E-state index in [4.69, 9.17) is 4.42 Å². The number of rotatable bonds is 4. The molecule has 0 aliphatic carbocycles. The smallest absolute Gasteiger partial charge is 0.223 e. The number of carbonyl (C=O) groups is 1. The molecule has 1 amide bonds. The first-order valence-electron chi connectivity index (χ1n) is 7.65. The van der Waals surface area contributed by atoms with E-state index in [1.165, 1.54) is 0 Å². The topological polar surface area (TPSA) is 49.6 Å². The molecule has 2 saturated heterocycles. The summed E-state index contributed by atoms with van der Waals surface area (Å²) in [5, 5.41) is 0. The maximum atomic E-state index is 12.7. The Bertz CT molecular complexity index is 497. The lowest BCUT2D eigenvalue weighted by molar-refractivity contribution is -0.130. The van der Waals surface area contributed by atoms with E-state index in [1.807, 2.05) is 11.8 Å². The lowest BCUT2D eigenvalue weighted by Crippen LogP contribution is -2.45. The second-order valence-electron chi connectivity index (χ2n) is 6.14. The number of nitrogens with zero attached hydrogens (tertiary/aromatic N) is 3. The van der Waals surface area contributed by atoms with Gasteiger partial charge >= 0.3 is 0 Å². The maximum absolute atomic E-state index is 12.7. The van der Waals surface area contributed by atoms with E-state index < -0.39 is 0 Å². The third-order valence-corrected chi connectivity index (χ3v) is 4.48. The van der Waals surface area contributed by atoms with Crippen molar-refractivity contribution in [1.82, 2.24) is 14.8 Å². The van der Waals surface area contributed by atoms with E-state index in [1.54, 1.807) is 6.20 Å². The quantitative estimate of drug-likeness (QED) is 0.849. The number of aryl methyl sites for hydroxylation is 1. The number of oxazole rings is 1. The summed E-state index contributed by atoms with van der Waals surface area (Å²) in [6.07, 6.45) is 4.02. The van der Waals surface area contributed by atoms with Gasteiger partial charge in [-0.2, -0.15) is 0 Å². The van der Waals surface area contributed by atoms with Gasteiger partial charge < -0.3 is 9.32 Å². The molecule has 0 spiro atoms. The van der Waals surface area contributed by atoms with E-state index >= 15 is 0 Å². The van der Waals surface area contributed by atoms with Crippen molar-refractivity contribution >= 4 is 5.91 Å². The Balaban J connectivity index is 1.50. The minimum Gasteiger partial charge on any atom is -0.445 e. The van der Waals surface area contributed by atoms with Gasteiger partial charge in [-0.15, -0.1) is 0 Å². The minimum absolute atomic E-state index is 0.0918. The van der Waals surface area contributed by atoms with E-state index in [2.05, 4.69) is 9.88 Å². The molecule has 0 N–H and O–H groups in total. The van der Waals surface area contributed by atoms with Gasteiger partial charge in [0.25, 0.3) is 0 Å². The van der Waals surface area contributed by atoms with Gasteiger partial charge in [0.2, 0.25) is 11.8 Å². The molecule has 3 heterocycles. The van der Waals surface area contributed by atoms with Crippen LogP contribution in [0.15, 0.2) is 10.6 Å². The Kier molecular flexibility index (Phi) is 4.24. The second-order valence-corrected chi connectivity index (χ2v) is 6.14. The third-order valence-electron chi connectivity index (χ3n) is 4.48. The Morgan fingerprint density at radius 2 is 2.19 bits per heavy atom. The summed E-state index contributed by atoms with van der Waals surface area (Å²) >= 11 is 0. The second kappa shape index (κ2) is 6.13. The highest BCUT2D eigenvalue weighted by Crippen LogP contribution is 2.26. The van der Waals surface area contributed by atoms with Crippen molar-refractivity contribution in [3.8, 4) is 0 Å².